The molecule has 2 amide bonds. The van der Waals surface area contributed by atoms with E-state index in [9.17, 15) is 22.8 Å². The first-order valence-corrected chi connectivity index (χ1v) is 6.49. The number of alkyl halides is 3. The number of benzene rings is 1. The van der Waals surface area contributed by atoms with Gasteiger partial charge in [-0.05, 0) is 24.1 Å². The van der Waals surface area contributed by atoms with Crippen LogP contribution in [0, 0.1) is 0 Å². The van der Waals surface area contributed by atoms with Crippen molar-refractivity contribution in [2.45, 2.75) is 31.6 Å². The van der Waals surface area contributed by atoms with Gasteiger partial charge >= 0.3 is 6.18 Å². The summed E-state index contributed by atoms with van der Waals surface area (Å²) in [6, 6.07) is 4.29. The second kappa shape index (κ2) is 5.85. The van der Waals surface area contributed by atoms with Crippen molar-refractivity contribution in [2.24, 2.45) is 0 Å². The zero-order valence-electron chi connectivity index (χ0n) is 11.4. The molecule has 1 aliphatic heterocycles. The van der Waals surface area contributed by atoms with Gasteiger partial charge in [0, 0.05) is 20.0 Å². The Morgan fingerprint density at radius 2 is 1.86 bits per heavy atom. The van der Waals surface area contributed by atoms with Gasteiger partial charge in [0.2, 0.25) is 11.8 Å². The predicted octanol–water partition coefficient (Wildman–Crippen LogP) is 1.94. The van der Waals surface area contributed by atoms with E-state index >= 15 is 0 Å². The zero-order chi connectivity index (χ0) is 15.6. The maximum absolute atomic E-state index is 12.4. The molecule has 0 bridgehead atoms. The summed E-state index contributed by atoms with van der Waals surface area (Å²) in [6.45, 7) is 0.274. The molecule has 1 heterocycles. The summed E-state index contributed by atoms with van der Waals surface area (Å²) in [5, 5.41) is 2.97. The highest BCUT2D eigenvalue weighted by atomic mass is 19.4. The Morgan fingerprint density at radius 1 is 1.24 bits per heavy atom. The van der Waals surface area contributed by atoms with Gasteiger partial charge in [-0.3, -0.25) is 14.5 Å². The van der Waals surface area contributed by atoms with E-state index in [0.29, 0.717) is 12.0 Å². The zero-order valence-corrected chi connectivity index (χ0v) is 11.4. The number of piperidine rings is 1. The molecule has 1 fully saturated rings. The Labute approximate surface area is 119 Å². The molecule has 1 unspecified atom stereocenters. The fraction of sp³-hybridized carbons (Fsp3) is 0.429. The lowest BCUT2D eigenvalue weighted by Crippen LogP contribution is -2.51. The molecule has 1 aromatic carbocycles. The van der Waals surface area contributed by atoms with Crippen LogP contribution in [0.2, 0.25) is 0 Å². The van der Waals surface area contributed by atoms with Crippen molar-refractivity contribution < 1.29 is 22.8 Å². The van der Waals surface area contributed by atoms with Gasteiger partial charge in [-0.1, -0.05) is 12.1 Å². The average Bonchev–Trinajstić information content (AvgIpc) is 2.43. The van der Waals surface area contributed by atoms with Crippen LogP contribution in [0.4, 0.5) is 13.2 Å². The number of amides is 2. The minimum atomic E-state index is -4.35. The number of halogens is 3. The lowest BCUT2D eigenvalue weighted by molar-refractivity contribution is -0.148. The highest BCUT2D eigenvalue weighted by molar-refractivity contribution is 6.00. The van der Waals surface area contributed by atoms with Crippen molar-refractivity contribution in [1.82, 2.24) is 10.2 Å². The van der Waals surface area contributed by atoms with E-state index in [4.69, 9.17) is 0 Å². The number of carbonyl (C=O) groups is 2. The number of hydrogen-bond donors (Lipinski definition) is 1. The second-order valence-corrected chi connectivity index (χ2v) is 4.96. The molecule has 2 rings (SSSR count). The van der Waals surface area contributed by atoms with Crippen molar-refractivity contribution in [3.8, 4) is 0 Å². The van der Waals surface area contributed by atoms with Crippen LogP contribution in [0.1, 0.15) is 24.0 Å². The first kappa shape index (κ1) is 15.5. The number of likely N-dealkylation sites (N-methyl/N-ethyl adjacent to an activating group) is 1. The minimum Gasteiger partial charge on any atom is -0.302 e. The third-order valence-corrected chi connectivity index (χ3v) is 3.48. The molecule has 0 aromatic heterocycles. The Hall–Kier alpha value is -1.89. The average molecular weight is 300 g/mol. The Bertz CT molecular complexity index is 540. The predicted molar refractivity (Wildman–Crippen MR) is 69.1 cm³/mol. The molecular formula is C14H15F3N2O2. The highest BCUT2D eigenvalue weighted by Gasteiger charge is 2.32. The molecule has 0 aliphatic carbocycles. The van der Waals surface area contributed by atoms with Crippen LogP contribution in [0.3, 0.4) is 0 Å². The summed E-state index contributed by atoms with van der Waals surface area (Å²) in [5.41, 5.74) is -0.0549. The summed E-state index contributed by atoms with van der Waals surface area (Å²) in [6.07, 6.45) is -3.66. The second-order valence-electron chi connectivity index (χ2n) is 4.96. The summed E-state index contributed by atoms with van der Waals surface area (Å²) in [7, 11) is 1.43. The van der Waals surface area contributed by atoms with E-state index < -0.39 is 17.8 Å². The molecule has 1 N–H and O–H groups in total. The Balaban J connectivity index is 1.94. The van der Waals surface area contributed by atoms with E-state index in [2.05, 4.69) is 5.32 Å². The first-order valence-electron chi connectivity index (χ1n) is 6.49. The molecule has 0 radical (unpaired) electrons. The van der Waals surface area contributed by atoms with Crippen LogP contribution in [0.5, 0.6) is 0 Å². The molecule has 0 spiro atoms. The summed E-state index contributed by atoms with van der Waals surface area (Å²) in [4.78, 5) is 24.2. The van der Waals surface area contributed by atoms with Gasteiger partial charge in [0.1, 0.15) is 0 Å². The highest BCUT2D eigenvalue weighted by Crippen LogP contribution is 2.29. The maximum Gasteiger partial charge on any atom is 0.416 e. The maximum atomic E-state index is 12.4. The summed E-state index contributed by atoms with van der Waals surface area (Å²) >= 11 is 0. The number of carbonyl (C=O) groups excluding carboxylic acids is 2. The number of hydrogen-bond acceptors (Lipinski definition) is 3. The van der Waals surface area contributed by atoms with Gasteiger partial charge in [0.05, 0.1) is 11.6 Å². The Kier molecular flexibility index (Phi) is 4.32. The van der Waals surface area contributed by atoms with Crippen molar-refractivity contribution in [1.29, 1.82) is 0 Å². The van der Waals surface area contributed by atoms with Crippen LogP contribution in [0.25, 0.3) is 0 Å². The van der Waals surface area contributed by atoms with Gasteiger partial charge in [-0.2, -0.15) is 13.2 Å². The number of nitrogens with zero attached hydrogens (tertiary/aromatic N) is 1. The van der Waals surface area contributed by atoms with Gasteiger partial charge in [-0.25, -0.2) is 0 Å². The molecule has 114 valence electrons. The lowest BCUT2D eigenvalue weighted by Gasteiger charge is -2.28. The molecule has 4 nitrogen and oxygen atoms in total. The molecule has 7 heteroatoms. The van der Waals surface area contributed by atoms with Crippen LogP contribution >= 0.6 is 0 Å². The van der Waals surface area contributed by atoms with Crippen LogP contribution in [-0.4, -0.2) is 29.8 Å². The molecular weight excluding hydrogens is 285 g/mol. The van der Waals surface area contributed by atoms with E-state index in [1.165, 1.54) is 19.2 Å². The standard InChI is InChI=1S/C14H15F3N2O2/c1-19-12(20)7-6-11(13(19)21)18-8-9-2-4-10(5-3-9)14(15,16)17/h2-5,11,18H,6-8H2,1H3. The summed E-state index contributed by atoms with van der Waals surface area (Å²) < 4.78 is 37.3. The van der Waals surface area contributed by atoms with Crippen LogP contribution in [-0.2, 0) is 22.3 Å². The normalized spacial score (nSPS) is 20.0. The SMILES string of the molecule is CN1C(=O)CCC(NCc2ccc(C(F)(F)F)cc2)C1=O. The number of rotatable bonds is 3. The fourth-order valence-corrected chi connectivity index (χ4v) is 2.16. The molecule has 1 atom stereocenters. The monoisotopic (exact) mass is 300 g/mol. The minimum absolute atomic E-state index is 0.215. The topological polar surface area (TPSA) is 49.4 Å². The first-order chi connectivity index (χ1) is 9.79. The number of imide groups is 1. The smallest absolute Gasteiger partial charge is 0.302 e. The lowest BCUT2D eigenvalue weighted by atomic mass is 10.0. The quantitative estimate of drug-likeness (QED) is 0.868. The fourth-order valence-electron chi connectivity index (χ4n) is 2.16. The van der Waals surface area contributed by atoms with Crippen molar-refractivity contribution in [2.75, 3.05) is 7.05 Å². The van der Waals surface area contributed by atoms with Crippen molar-refractivity contribution in [3.05, 3.63) is 35.4 Å². The summed E-state index contributed by atoms with van der Waals surface area (Å²) in [5.74, 6) is -0.522. The third kappa shape index (κ3) is 3.60. The molecule has 0 saturated carbocycles. The van der Waals surface area contributed by atoms with Crippen molar-refractivity contribution >= 4 is 11.8 Å². The molecule has 1 aliphatic rings. The van der Waals surface area contributed by atoms with Gasteiger partial charge in [0.25, 0.3) is 0 Å². The van der Waals surface area contributed by atoms with E-state index in [0.717, 1.165) is 17.0 Å². The van der Waals surface area contributed by atoms with E-state index in [-0.39, 0.29) is 24.8 Å². The van der Waals surface area contributed by atoms with Crippen LogP contribution < -0.4 is 5.32 Å². The van der Waals surface area contributed by atoms with E-state index in [1.807, 2.05) is 0 Å². The molecule has 1 saturated heterocycles. The third-order valence-electron chi connectivity index (χ3n) is 3.48. The van der Waals surface area contributed by atoms with Gasteiger partial charge < -0.3 is 5.32 Å². The number of nitrogens with one attached hydrogen (secondary N) is 1. The Morgan fingerprint density at radius 3 is 2.43 bits per heavy atom. The largest absolute Gasteiger partial charge is 0.416 e. The molecule has 21 heavy (non-hydrogen) atoms. The number of likely N-dealkylation sites (tertiary alicyclic amines) is 1. The molecule has 1 aromatic rings. The van der Waals surface area contributed by atoms with Gasteiger partial charge in [-0.15, -0.1) is 0 Å². The van der Waals surface area contributed by atoms with Crippen molar-refractivity contribution in [3.63, 3.8) is 0 Å². The van der Waals surface area contributed by atoms with E-state index in [1.54, 1.807) is 0 Å². The van der Waals surface area contributed by atoms with Gasteiger partial charge in [0.15, 0.2) is 0 Å². The van der Waals surface area contributed by atoms with Crippen LogP contribution in [0.15, 0.2) is 24.3 Å².